The molecule has 0 aromatic heterocycles. The summed E-state index contributed by atoms with van der Waals surface area (Å²) in [5, 5.41) is 3.03. The van der Waals surface area contributed by atoms with Crippen molar-refractivity contribution in [1.29, 1.82) is 0 Å². The second-order valence-corrected chi connectivity index (χ2v) is 7.02. The molecule has 0 bridgehead atoms. The van der Waals surface area contributed by atoms with Gasteiger partial charge in [-0.05, 0) is 67.6 Å². The van der Waals surface area contributed by atoms with Crippen LogP contribution in [-0.2, 0) is 0 Å². The van der Waals surface area contributed by atoms with E-state index in [-0.39, 0.29) is 5.91 Å². The largest absolute Gasteiger partial charge is 0.352 e. The fourth-order valence-electron chi connectivity index (χ4n) is 2.98. The SMILES string of the molecule is CN(CCCNC(=O)c1ccccc1I)C1CCCCC1. The molecule has 4 heteroatoms. The maximum Gasteiger partial charge on any atom is 0.252 e. The van der Waals surface area contributed by atoms with Crippen LogP contribution in [0.15, 0.2) is 24.3 Å². The van der Waals surface area contributed by atoms with Crippen LogP contribution >= 0.6 is 22.6 Å². The molecule has 1 amide bonds. The number of rotatable bonds is 6. The van der Waals surface area contributed by atoms with Gasteiger partial charge in [-0.1, -0.05) is 31.4 Å². The highest BCUT2D eigenvalue weighted by Gasteiger charge is 2.17. The minimum Gasteiger partial charge on any atom is -0.352 e. The van der Waals surface area contributed by atoms with Gasteiger partial charge in [-0.25, -0.2) is 0 Å². The lowest BCUT2D eigenvalue weighted by molar-refractivity contribution is 0.0949. The molecule has 1 aliphatic carbocycles. The molecule has 0 heterocycles. The van der Waals surface area contributed by atoms with Crippen LogP contribution in [0, 0.1) is 3.57 Å². The Labute approximate surface area is 141 Å². The Hall–Kier alpha value is -0.620. The molecule has 0 saturated heterocycles. The first-order chi connectivity index (χ1) is 10.2. The number of hydrogen-bond acceptors (Lipinski definition) is 2. The van der Waals surface area contributed by atoms with Gasteiger partial charge in [-0.2, -0.15) is 0 Å². The third-order valence-electron chi connectivity index (χ3n) is 4.29. The van der Waals surface area contributed by atoms with Crippen LogP contribution in [-0.4, -0.2) is 37.0 Å². The Morgan fingerprint density at radius 2 is 2.00 bits per heavy atom. The minimum absolute atomic E-state index is 0.0420. The van der Waals surface area contributed by atoms with Crippen LogP contribution in [0.25, 0.3) is 0 Å². The molecule has 2 rings (SSSR count). The Bertz CT molecular complexity index is 458. The highest BCUT2D eigenvalue weighted by molar-refractivity contribution is 14.1. The topological polar surface area (TPSA) is 32.3 Å². The summed E-state index contributed by atoms with van der Waals surface area (Å²) in [6, 6.07) is 8.47. The average Bonchev–Trinajstić information content (AvgIpc) is 2.52. The zero-order chi connectivity index (χ0) is 15.1. The Morgan fingerprint density at radius 1 is 1.29 bits per heavy atom. The van der Waals surface area contributed by atoms with Crippen molar-refractivity contribution >= 4 is 28.5 Å². The number of carbonyl (C=O) groups excluding carboxylic acids is 1. The van der Waals surface area contributed by atoms with Gasteiger partial charge < -0.3 is 10.2 Å². The van der Waals surface area contributed by atoms with Gasteiger partial charge in [0.2, 0.25) is 0 Å². The second-order valence-electron chi connectivity index (χ2n) is 5.86. The first kappa shape index (κ1) is 16.7. The van der Waals surface area contributed by atoms with E-state index in [1.165, 1.54) is 32.1 Å². The lowest BCUT2D eigenvalue weighted by Crippen LogP contribution is -2.35. The van der Waals surface area contributed by atoms with Crippen molar-refractivity contribution in [3.8, 4) is 0 Å². The van der Waals surface area contributed by atoms with Crippen LogP contribution in [0.3, 0.4) is 0 Å². The molecule has 0 unspecified atom stereocenters. The summed E-state index contributed by atoms with van der Waals surface area (Å²) in [7, 11) is 2.22. The van der Waals surface area contributed by atoms with E-state index in [0.717, 1.165) is 34.7 Å². The molecule has 1 saturated carbocycles. The second kappa shape index (κ2) is 8.73. The van der Waals surface area contributed by atoms with Gasteiger partial charge in [0.15, 0.2) is 0 Å². The molecule has 116 valence electrons. The molecular weight excluding hydrogens is 375 g/mol. The number of nitrogens with zero attached hydrogens (tertiary/aromatic N) is 1. The van der Waals surface area contributed by atoms with Crippen molar-refractivity contribution in [2.45, 2.75) is 44.6 Å². The van der Waals surface area contributed by atoms with Gasteiger partial charge in [0.25, 0.3) is 5.91 Å². The number of amides is 1. The number of halogens is 1. The van der Waals surface area contributed by atoms with Crippen molar-refractivity contribution in [3.05, 3.63) is 33.4 Å². The zero-order valence-corrected chi connectivity index (χ0v) is 14.9. The predicted octanol–water partition coefficient (Wildman–Crippen LogP) is 3.68. The number of hydrogen-bond donors (Lipinski definition) is 1. The zero-order valence-electron chi connectivity index (χ0n) is 12.8. The van der Waals surface area contributed by atoms with Gasteiger partial charge in [0.05, 0.1) is 5.56 Å². The standard InChI is InChI=1S/C17H25IN2O/c1-20(14-8-3-2-4-9-14)13-7-12-19-17(21)15-10-5-6-11-16(15)18/h5-6,10-11,14H,2-4,7-9,12-13H2,1H3,(H,19,21). The highest BCUT2D eigenvalue weighted by atomic mass is 127. The molecule has 0 spiro atoms. The van der Waals surface area contributed by atoms with E-state index in [1.807, 2.05) is 24.3 Å². The monoisotopic (exact) mass is 400 g/mol. The normalized spacial score (nSPS) is 16.1. The van der Waals surface area contributed by atoms with E-state index in [9.17, 15) is 4.79 Å². The average molecular weight is 400 g/mol. The van der Waals surface area contributed by atoms with E-state index < -0.39 is 0 Å². The van der Waals surface area contributed by atoms with Crippen molar-refractivity contribution in [3.63, 3.8) is 0 Å². The summed E-state index contributed by atoms with van der Waals surface area (Å²) >= 11 is 2.21. The molecule has 0 atom stereocenters. The Morgan fingerprint density at radius 3 is 2.71 bits per heavy atom. The summed E-state index contributed by atoms with van der Waals surface area (Å²) in [5.74, 6) is 0.0420. The third kappa shape index (κ3) is 5.25. The van der Waals surface area contributed by atoms with E-state index in [2.05, 4.69) is 39.9 Å². The van der Waals surface area contributed by atoms with Gasteiger partial charge >= 0.3 is 0 Å². The molecule has 3 nitrogen and oxygen atoms in total. The number of carbonyl (C=O) groups is 1. The quantitative estimate of drug-likeness (QED) is 0.584. The predicted molar refractivity (Wildman–Crippen MR) is 95.6 cm³/mol. The molecule has 1 aliphatic rings. The minimum atomic E-state index is 0.0420. The van der Waals surface area contributed by atoms with Crippen LogP contribution in [0.1, 0.15) is 48.9 Å². The summed E-state index contributed by atoms with van der Waals surface area (Å²) in [6.45, 7) is 1.82. The van der Waals surface area contributed by atoms with E-state index in [4.69, 9.17) is 0 Å². The van der Waals surface area contributed by atoms with Gasteiger partial charge in [0, 0.05) is 16.2 Å². The van der Waals surface area contributed by atoms with Crippen molar-refractivity contribution in [2.75, 3.05) is 20.1 Å². The van der Waals surface area contributed by atoms with E-state index in [0.29, 0.717) is 0 Å². The highest BCUT2D eigenvalue weighted by Crippen LogP contribution is 2.21. The van der Waals surface area contributed by atoms with Gasteiger partial charge in [0.1, 0.15) is 0 Å². The summed E-state index contributed by atoms with van der Waals surface area (Å²) < 4.78 is 1.01. The van der Waals surface area contributed by atoms with Crippen molar-refractivity contribution < 1.29 is 4.79 Å². The van der Waals surface area contributed by atoms with Crippen LogP contribution < -0.4 is 5.32 Å². The fourth-order valence-corrected chi connectivity index (χ4v) is 3.61. The van der Waals surface area contributed by atoms with E-state index >= 15 is 0 Å². The smallest absolute Gasteiger partial charge is 0.252 e. The van der Waals surface area contributed by atoms with Crippen LogP contribution in [0.4, 0.5) is 0 Å². The molecule has 0 radical (unpaired) electrons. The maximum absolute atomic E-state index is 12.1. The lowest BCUT2D eigenvalue weighted by atomic mass is 9.94. The van der Waals surface area contributed by atoms with Crippen LogP contribution in [0.2, 0.25) is 0 Å². The fraction of sp³-hybridized carbons (Fsp3) is 0.588. The lowest BCUT2D eigenvalue weighted by Gasteiger charge is -2.31. The molecular formula is C17H25IN2O. The summed E-state index contributed by atoms with van der Waals surface area (Å²) in [6.07, 6.45) is 7.84. The van der Waals surface area contributed by atoms with E-state index in [1.54, 1.807) is 0 Å². The molecule has 21 heavy (non-hydrogen) atoms. The summed E-state index contributed by atoms with van der Waals surface area (Å²) in [5.41, 5.74) is 0.777. The third-order valence-corrected chi connectivity index (χ3v) is 5.23. The number of nitrogens with one attached hydrogen (secondary N) is 1. The van der Waals surface area contributed by atoms with Gasteiger partial charge in [-0.15, -0.1) is 0 Å². The maximum atomic E-state index is 12.1. The molecule has 1 aromatic carbocycles. The van der Waals surface area contributed by atoms with Gasteiger partial charge in [-0.3, -0.25) is 4.79 Å². The Kier molecular flexibility index (Phi) is 6.96. The van der Waals surface area contributed by atoms with Crippen molar-refractivity contribution in [1.82, 2.24) is 10.2 Å². The molecule has 1 aromatic rings. The summed E-state index contributed by atoms with van der Waals surface area (Å²) in [4.78, 5) is 14.6. The first-order valence-corrected chi connectivity index (χ1v) is 8.99. The molecule has 0 aliphatic heterocycles. The first-order valence-electron chi connectivity index (χ1n) is 7.91. The van der Waals surface area contributed by atoms with Crippen molar-refractivity contribution in [2.24, 2.45) is 0 Å². The molecule has 1 fully saturated rings. The number of benzene rings is 1. The Balaban J connectivity index is 1.67. The van der Waals surface area contributed by atoms with Crippen LogP contribution in [0.5, 0.6) is 0 Å². The molecule has 1 N–H and O–H groups in total.